The van der Waals surface area contributed by atoms with Crippen LogP contribution in [0.1, 0.15) is 24.8 Å². The summed E-state index contributed by atoms with van der Waals surface area (Å²) in [5.41, 5.74) is 1.72. The maximum atomic E-state index is 6.36. The minimum Gasteiger partial charge on any atom is -0.383 e. The molecule has 2 atom stereocenters. The van der Waals surface area contributed by atoms with Crippen LogP contribution in [-0.2, 0) is 11.2 Å². The van der Waals surface area contributed by atoms with Gasteiger partial charge in [0.1, 0.15) is 0 Å². The first-order valence-electron chi connectivity index (χ1n) is 7.65. The van der Waals surface area contributed by atoms with Crippen LogP contribution in [0.4, 0.5) is 0 Å². The van der Waals surface area contributed by atoms with Gasteiger partial charge in [-0.1, -0.05) is 29.8 Å². The van der Waals surface area contributed by atoms with Crippen molar-refractivity contribution < 1.29 is 4.74 Å². The molecule has 2 aliphatic rings. The number of hydrogen-bond donors (Lipinski definition) is 1. The molecule has 2 nitrogen and oxygen atoms in total. The first-order valence-corrected chi connectivity index (χ1v) is 8.03. The summed E-state index contributed by atoms with van der Waals surface area (Å²) in [5.74, 6) is 1.98. The van der Waals surface area contributed by atoms with Crippen molar-refractivity contribution in [2.75, 3.05) is 26.8 Å². The van der Waals surface area contributed by atoms with Crippen LogP contribution < -0.4 is 5.32 Å². The third-order valence-corrected chi connectivity index (χ3v) is 5.33. The average molecular weight is 294 g/mol. The van der Waals surface area contributed by atoms with E-state index in [1.165, 1.54) is 24.8 Å². The van der Waals surface area contributed by atoms with Gasteiger partial charge in [0.05, 0.1) is 6.61 Å². The SMILES string of the molecule is COCCNCC1(Cc2ccccc2Cl)CC2CC2C1. The van der Waals surface area contributed by atoms with E-state index < -0.39 is 0 Å². The molecule has 0 saturated heterocycles. The standard InChI is InChI=1S/C17H24ClNO/c1-20-7-6-19-12-17(10-14-8-15(14)11-17)9-13-4-2-3-5-16(13)18/h2-5,14-15,19H,6-12H2,1H3. The van der Waals surface area contributed by atoms with Crippen molar-refractivity contribution in [1.29, 1.82) is 0 Å². The second kappa shape index (κ2) is 6.05. The Bertz CT molecular complexity index is 452. The molecule has 0 bridgehead atoms. The van der Waals surface area contributed by atoms with Crippen LogP contribution in [0.5, 0.6) is 0 Å². The van der Waals surface area contributed by atoms with Crippen LogP contribution in [0, 0.1) is 17.3 Å². The van der Waals surface area contributed by atoms with Gasteiger partial charge in [-0.25, -0.2) is 0 Å². The molecule has 3 heteroatoms. The second-order valence-corrected chi connectivity index (χ2v) is 7.01. The summed E-state index contributed by atoms with van der Waals surface area (Å²) in [5, 5.41) is 4.50. The summed E-state index contributed by atoms with van der Waals surface area (Å²) in [6.45, 7) is 2.82. The highest BCUT2D eigenvalue weighted by molar-refractivity contribution is 6.31. The monoisotopic (exact) mass is 293 g/mol. The fraction of sp³-hybridized carbons (Fsp3) is 0.647. The van der Waals surface area contributed by atoms with Gasteiger partial charge in [-0.2, -0.15) is 0 Å². The Morgan fingerprint density at radius 3 is 2.75 bits per heavy atom. The van der Waals surface area contributed by atoms with Crippen molar-refractivity contribution in [2.45, 2.75) is 25.7 Å². The molecule has 2 saturated carbocycles. The number of halogens is 1. The van der Waals surface area contributed by atoms with Gasteiger partial charge in [-0.05, 0) is 54.6 Å². The van der Waals surface area contributed by atoms with Gasteiger partial charge in [-0.3, -0.25) is 0 Å². The van der Waals surface area contributed by atoms with Gasteiger partial charge in [0.25, 0.3) is 0 Å². The Balaban J connectivity index is 1.65. The molecule has 0 heterocycles. The maximum Gasteiger partial charge on any atom is 0.0587 e. The molecular weight excluding hydrogens is 270 g/mol. The minimum absolute atomic E-state index is 0.409. The fourth-order valence-corrected chi connectivity index (χ4v) is 4.13. The van der Waals surface area contributed by atoms with Crippen LogP contribution in [0.15, 0.2) is 24.3 Å². The lowest BCUT2D eigenvalue weighted by Crippen LogP contribution is -2.36. The van der Waals surface area contributed by atoms with Crippen LogP contribution in [0.3, 0.4) is 0 Å². The lowest BCUT2D eigenvalue weighted by molar-refractivity contribution is 0.186. The van der Waals surface area contributed by atoms with Gasteiger partial charge in [0.15, 0.2) is 0 Å². The molecule has 2 fully saturated rings. The predicted molar refractivity (Wildman–Crippen MR) is 83.2 cm³/mol. The van der Waals surface area contributed by atoms with Crippen LogP contribution in [0.2, 0.25) is 5.02 Å². The molecule has 1 aromatic carbocycles. The Kier molecular flexibility index (Phi) is 4.34. The van der Waals surface area contributed by atoms with Gasteiger partial charge in [0, 0.05) is 25.2 Å². The maximum absolute atomic E-state index is 6.36. The summed E-state index contributed by atoms with van der Waals surface area (Å²) in [6.07, 6.45) is 5.30. The highest BCUT2D eigenvalue weighted by Crippen LogP contribution is 2.60. The van der Waals surface area contributed by atoms with Crippen molar-refractivity contribution in [3.05, 3.63) is 34.9 Å². The number of ether oxygens (including phenoxy) is 1. The number of methoxy groups -OCH3 is 1. The van der Waals surface area contributed by atoms with Gasteiger partial charge in [-0.15, -0.1) is 0 Å². The lowest BCUT2D eigenvalue weighted by Gasteiger charge is -2.32. The smallest absolute Gasteiger partial charge is 0.0587 e. The highest BCUT2D eigenvalue weighted by atomic mass is 35.5. The van der Waals surface area contributed by atoms with E-state index in [9.17, 15) is 0 Å². The van der Waals surface area contributed by atoms with E-state index >= 15 is 0 Å². The van der Waals surface area contributed by atoms with Crippen molar-refractivity contribution in [2.24, 2.45) is 17.3 Å². The van der Waals surface area contributed by atoms with Crippen LogP contribution in [0.25, 0.3) is 0 Å². The van der Waals surface area contributed by atoms with Crippen LogP contribution in [-0.4, -0.2) is 26.8 Å². The van der Waals surface area contributed by atoms with Gasteiger partial charge >= 0.3 is 0 Å². The number of fused-ring (bicyclic) bond motifs is 1. The summed E-state index contributed by atoms with van der Waals surface area (Å²) >= 11 is 6.36. The van der Waals surface area contributed by atoms with Crippen molar-refractivity contribution >= 4 is 11.6 Å². The first-order chi connectivity index (χ1) is 9.72. The normalized spacial score (nSPS) is 31.3. The molecule has 110 valence electrons. The third kappa shape index (κ3) is 3.19. The molecule has 2 aliphatic carbocycles. The van der Waals surface area contributed by atoms with E-state index in [2.05, 4.69) is 17.4 Å². The molecule has 0 amide bonds. The quantitative estimate of drug-likeness (QED) is 0.777. The Labute approximate surface area is 126 Å². The van der Waals surface area contributed by atoms with E-state index in [0.717, 1.165) is 43.0 Å². The zero-order valence-electron chi connectivity index (χ0n) is 12.2. The van der Waals surface area contributed by atoms with Gasteiger partial charge < -0.3 is 10.1 Å². The van der Waals surface area contributed by atoms with Crippen molar-refractivity contribution in [1.82, 2.24) is 5.32 Å². The first kappa shape index (κ1) is 14.4. The molecule has 1 aromatic rings. The van der Waals surface area contributed by atoms with Crippen molar-refractivity contribution in [3.63, 3.8) is 0 Å². The molecule has 0 aromatic heterocycles. The Morgan fingerprint density at radius 1 is 1.30 bits per heavy atom. The largest absolute Gasteiger partial charge is 0.383 e. The molecule has 3 rings (SSSR count). The summed E-state index contributed by atoms with van der Waals surface area (Å²) in [6, 6.07) is 8.31. The topological polar surface area (TPSA) is 21.3 Å². The predicted octanol–water partition coefficient (Wildman–Crippen LogP) is 3.53. The zero-order chi connectivity index (χ0) is 14.0. The van der Waals surface area contributed by atoms with E-state index in [1.54, 1.807) is 7.11 Å². The van der Waals surface area contributed by atoms with E-state index in [-0.39, 0.29) is 0 Å². The Hall–Kier alpha value is -0.570. The van der Waals surface area contributed by atoms with Crippen LogP contribution >= 0.6 is 11.6 Å². The Morgan fingerprint density at radius 2 is 2.05 bits per heavy atom. The average Bonchev–Trinajstić information content (AvgIpc) is 3.06. The van der Waals surface area contributed by atoms with Gasteiger partial charge in [0.2, 0.25) is 0 Å². The minimum atomic E-state index is 0.409. The highest BCUT2D eigenvalue weighted by Gasteiger charge is 2.53. The molecule has 0 radical (unpaired) electrons. The number of hydrogen-bond acceptors (Lipinski definition) is 2. The number of rotatable bonds is 7. The summed E-state index contributed by atoms with van der Waals surface area (Å²) < 4.78 is 5.12. The third-order valence-electron chi connectivity index (χ3n) is 4.97. The fourth-order valence-electron chi connectivity index (χ4n) is 3.93. The number of benzene rings is 1. The second-order valence-electron chi connectivity index (χ2n) is 6.60. The molecule has 20 heavy (non-hydrogen) atoms. The van der Waals surface area contributed by atoms with E-state index in [1.807, 2.05) is 12.1 Å². The van der Waals surface area contributed by atoms with E-state index in [4.69, 9.17) is 16.3 Å². The number of nitrogens with one attached hydrogen (secondary N) is 1. The summed E-state index contributed by atoms with van der Waals surface area (Å²) in [7, 11) is 1.76. The summed E-state index contributed by atoms with van der Waals surface area (Å²) in [4.78, 5) is 0. The molecule has 0 aliphatic heterocycles. The molecule has 1 N–H and O–H groups in total. The lowest BCUT2D eigenvalue weighted by atomic mass is 9.77. The molecular formula is C17H24ClNO. The zero-order valence-corrected chi connectivity index (χ0v) is 13.0. The molecule has 2 unspecified atom stereocenters. The van der Waals surface area contributed by atoms with E-state index in [0.29, 0.717) is 5.41 Å². The molecule has 0 spiro atoms. The van der Waals surface area contributed by atoms with Crippen molar-refractivity contribution in [3.8, 4) is 0 Å².